The number of methoxy groups -OCH3 is 3. The Kier molecular flexibility index (Phi) is 8.55. The predicted octanol–water partition coefficient (Wildman–Crippen LogP) is 1.81. The first-order chi connectivity index (χ1) is 14.5. The molecule has 10 nitrogen and oxygen atoms in total. The highest BCUT2D eigenvalue weighted by Crippen LogP contribution is 2.38. The maximum atomic E-state index is 11.9. The van der Waals surface area contributed by atoms with Gasteiger partial charge in [-0.3, -0.25) is 14.9 Å². The molecular weight excluding hydrogens is 396 g/mol. The molecule has 2 N–H and O–H groups in total. The topological polar surface area (TPSA) is 125 Å². The van der Waals surface area contributed by atoms with Crippen molar-refractivity contribution in [3.63, 3.8) is 0 Å². The number of imide groups is 1. The van der Waals surface area contributed by atoms with Gasteiger partial charge in [-0.05, 0) is 36.2 Å². The Balaban J connectivity index is 1.75. The number of hydrogen-bond acceptors (Lipinski definition) is 8. The van der Waals surface area contributed by atoms with Crippen molar-refractivity contribution in [1.29, 1.82) is 0 Å². The summed E-state index contributed by atoms with van der Waals surface area (Å²) in [6.45, 7) is -0.442. The van der Waals surface area contributed by atoms with Gasteiger partial charge in [-0.15, -0.1) is 0 Å². The lowest BCUT2D eigenvalue weighted by Gasteiger charge is -2.14. The Bertz CT molecular complexity index is 839. The average molecular weight is 420 g/mol. The lowest BCUT2D eigenvalue weighted by atomic mass is 10.1. The van der Waals surface area contributed by atoms with Crippen LogP contribution in [0.15, 0.2) is 34.9 Å². The highest BCUT2D eigenvalue weighted by molar-refractivity contribution is 5.95. The number of amides is 3. The summed E-state index contributed by atoms with van der Waals surface area (Å²) in [6, 6.07) is 6.09. The van der Waals surface area contributed by atoms with Gasteiger partial charge in [0.1, 0.15) is 5.76 Å². The standard InChI is InChI=1S/C20H24N2O8/c1-26-15-9-13(10-16(27-2)19(15)28-3)6-7-18(24)30-12-17(23)22-20(25)21-11-14-5-4-8-29-14/h4-5,8-10H,6-7,11-12H2,1-3H3,(H2,21,22,23,25). The summed E-state index contributed by atoms with van der Waals surface area (Å²) < 4.78 is 25.7. The van der Waals surface area contributed by atoms with Crippen LogP contribution in [0.3, 0.4) is 0 Å². The Morgan fingerprint density at radius 2 is 1.73 bits per heavy atom. The molecule has 0 atom stereocenters. The number of hydrogen-bond donors (Lipinski definition) is 2. The molecule has 0 aliphatic carbocycles. The van der Waals surface area contributed by atoms with Crippen LogP contribution in [0.1, 0.15) is 17.7 Å². The van der Waals surface area contributed by atoms with Gasteiger partial charge in [-0.2, -0.15) is 0 Å². The summed E-state index contributed by atoms with van der Waals surface area (Å²) >= 11 is 0. The molecule has 0 fully saturated rings. The maximum absolute atomic E-state index is 11.9. The van der Waals surface area contributed by atoms with Gasteiger partial charge in [0.25, 0.3) is 5.91 Å². The van der Waals surface area contributed by atoms with E-state index in [2.05, 4.69) is 10.6 Å². The van der Waals surface area contributed by atoms with Gasteiger partial charge in [0.2, 0.25) is 5.75 Å². The molecule has 3 amide bonds. The second-order valence-corrected chi connectivity index (χ2v) is 6.00. The average Bonchev–Trinajstić information content (AvgIpc) is 3.27. The van der Waals surface area contributed by atoms with E-state index in [9.17, 15) is 14.4 Å². The zero-order chi connectivity index (χ0) is 21.9. The van der Waals surface area contributed by atoms with Gasteiger partial charge in [0, 0.05) is 6.42 Å². The number of rotatable bonds is 10. The van der Waals surface area contributed by atoms with Crippen molar-refractivity contribution >= 4 is 17.9 Å². The summed E-state index contributed by atoms with van der Waals surface area (Å²) in [5.74, 6) is 0.604. The molecule has 0 saturated heterocycles. The minimum Gasteiger partial charge on any atom is -0.493 e. The first-order valence-electron chi connectivity index (χ1n) is 9.01. The number of ether oxygens (including phenoxy) is 4. The highest BCUT2D eigenvalue weighted by Gasteiger charge is 2.15. The summed E-state index contributed by atoms with van der Waals surface area (Å²) in [5, 5.41) is 4.50. The van der Waals surface area contributed by atoms with E-state index in [4.69, 9.17) is 23.4 Å². The van der Waals surface area contributed by atoms with Crippen molar-refractivity contribution in [3.05, 3.63) is 41.9 Å². The molecule has 2 aromatic rings. The first kappa shape index (κ1) is 22.6. The van der Waals surface area contributed by atoms with Gasteiger partial charge in [-0.1, -0.05) is 0 Å². The van der Waals surface area contributed by atoms with E-state index < -0.39 is 24.5 Å². The van der Waals surface area contributed by atoms with E-state index in [0.29, 0.717) is 29.4 Å². The Morgan fingerprint density at radius 1 is 1.03 bits per heavy atom. The van der Waals surface area contributed by atoms with E-state index in [-0.39, 0.29) is 13.0 Å². The molecule has 2 rings (SSSR count). The number of esters is 1. The number of benzene rings is 1. The van der Waals surface area contributed by atoms with E-state index in [1.165, 1.54) is 27.6 Å². The summed E-state index contributed by atoms with van der Waals surface area (Å²) in [5.41, 5.74) is 0.767. The lowest BCUT2D eigenvalue weighted by Crippen LogP contribution is -2.41. The fourth-order valence-electron chi connectivity index (χ4n) is 2.53. The molecule has 0 radical (unpaired) electrons. The third-order valence-corrected chi connectivity index (χ3v) is 3.96. The number of aryl methyl sites for hydroxylation is 1. The van der Waals surface area contributed by atoms with Crippen molar-refractivity contribution in [2.75, 3.05) is 27.9 Å². The molecule has 0 aliphatic rings. The van der Waals surface area contributed by atoms with Crippen molar-refractivity contribution < 1.29 is 37.7 Å². The fraction of sp³-hybridized carbons (Fsp3) is 0.350. The van der Waals surface area contributed by atoms with Crippen LogP contribution in [0.25, 0.3) is 0 Å². The molecular formula is C20H24N2O8. The summed E-state index contributed by atoms with van der Waals surface area (Å²) in [6.07, 6.45) is 1.83. The Labute approximate surface area is 173 Å². The molecule has 1 aromatic heterocycles. The van der Waals surface area contributed by atoms with Crippen LogP contribution in [0.5, 0.6) is 17.2 Å². The van der Waals surface area contributed by atoms with Crippen molar-refractivity contribution in [3.8, 4) is 17.2 Å². The van der Waals surface area contributed by atoms with Crippen molar-refractivity contribution in [2.45, 2.75) is 19.4 Å². The minimum atomic E-state index is -0.743. The molecule has 0 bridgehead atoms. The molecule has 1 aromatic carbocycles. The van der Waals surface area contributed by atoms with E-state index in [0.717, 1.165) is 5.56 Å². The van der Waals surface area contributed by atoms with Crippen molar-refractivity contribution in [1.82, 2.24) is 10.6 Å². The Hall–Kier alpha value is -3.69. The van der Waals surface area contributed by atoms with Gasteiger partial charge < -0.3 is 28.7 Å². The smallest absolute Gasteiger partial charge is 0.321 e. The van der Waals surface area contributed by atoms with Gasteiger partial charge in [-0.25, -0.2) is 4.79 Å². The molecule has 30 heavy (non-hydrogen) atoms. The van der Waals surface area contributed by atoms with Crippen molar-refractivity contribution in [2.24, 2.45) is 0 Å². The van der Waals surface area contributed by atoms with Crippen LogP contribution in [0, 0.1) is 0 Å². The van der Waals surface area contributed by atoms with E-state index >= 15 is 0 Å². The largest absolute Gasteiger partial charge is 0.493 e. The van der Waals surface area contributed by atoms with Gasteiger partial charge >= 0.3 is 12.0 Å². The van der Waals surface area contributed by atoms with Crippen LogP contribution in [-0.2, 0) is 27.3 Å². The molecule has 10 heteroatoms. The zero-order valence-electron chi connectivity index (χ0n) is 17.0. The monoisotopic (exact) mass is 420 g/mol. The molecule has 1 heterocycles. The highest BCUT2D eigenvalue weighted by atomic mass is 16.5. The summed E-state index contributed by atoms with van der Waals surface area (Å²) in [4.78, 5) is 35.2. The first-order valence-corrected chi connectivity index (χ1v) is 9.01. The number of urea groups is 1. The zero-order valence-corrected chi connectivity index (χ0v) is 17.0. The quantitative estimate of drug-likeness (QED) is 0.558. The SMILES string of the molecule is COc1cc(CCC(=O)OCC(=O)NC(=O)NCc2ccco2)cc(OC)c1OC. The van der Waals surface area contributed by atoms with E-state index in [1.807, 2.05) is 0 Å². The van der Waals surface area contributed by atoms with Crippen LogP contribution < -0.4 is 24.8 Å². The normalized spacial score (nSPS) is 10.1. The molecule has 0 spiro atoms. The number of furan rings is 1. The molecule has 0 aliphatic heterocycles. The number of nitrogens with one attached hydrogen (secondary N) is 2. The molecule has 0 saturated carbocycles. The molecule has 0 unspecified atom stereocenters. The lowest BCUT2D eigenvalue weighted by molar-refractivity contribution is -0.148. The Morgan fingerprint density at radius 3 is 2.30 bits per heavy atom. The van der Waals surface area contributed by atoms with Gasteiger partial charge in [0.05, 0.1) is 34.1 Å². The second-order valence-electron chi connectivity index (χ2n) is 6.00. The third kappa shape index (κ3) is 6.73. The maximum Gasteiger partial charge on any atom is 0.321 e. The van der Waals surface area contributed by atoms with Crippen LogP contribution in [-0.4, -0.2) is 45.8 Å². The predicted molar refractivity (Wildman–Crippen MR) is 104 cm³/mol. The third-order valence-electron chi connectivity index (χ3n) is 3.96. The number of carbonyl (C=O) groups excluding carboxylic acids is 3. The number of carbonyl (C=O) groups is 3. The molecule has 162 valence electrons. The van der Waals surface area contributed by atoms with Crippen LogP contribution >= 0.6 is 0 Å². The second kappa shape index (κ2) is 11.3. The van der Waals surface area contributed by atoms with E-state index in [1.54, 1.807) is 24.3 Å². The fourth-order valence-corrected chi connectivity index (χ4v) is 2.53. The summed E-state index contributed by atoms with van der Waals surface area (Å²) in [7, 11) is 4.50. The minimum absolute atomic E-state index is 0.0244. The van der Waals surface area contributed by atoms with Crippen LogP contribution in [0.2, 0.25) is 0 Å². The van der Waals surface area contributed by atoms with Crippen LogP contribution in [0.4, 0.5) is 4.79 Å². The van der Waals surface area contributed by atoms with Gasteiger partial charge in [0.15, 0.2) is 18.1 Å².